The lowest BCUT2D eigenvalue weighted by Gasteiger charge is -2.49. The molecule has 1 amide bonds. The number of fused-ring (bicyclic) bond motifs is 4. The van der Waals surface area contributed by atoms with Gasteiger partial charge in [-0.1, -0.05) is 0 Å². The average molecular weight is 327 g/mol. The molecule has 0 aromatic carbocycles. The largest absolute Gasteiger partial charge is 0.453 e. The van der Waals surface area contributed by atoms with Gasteiger partial charge in [-0.15, -0.1) is 0 Å². The Balaban J connectivity index is 1.56. The number of nitrogens with one attached hydrogen (secondary N) is 1. The highest BCUT2D eigenvalue weighted by Gasteiger charge is 2.40. The van der Waals surface area contributed by atoms with Gasteiger partial charge in [-0.2, -0.15) is 0 Å². The van der Waals surface area contributed by atoms with Crippen LogP contribution in [0.4, 0.5) is 0 Å². The molecule has 0 spiro atoms. The summed E-state index contributed by atoms with van der Waals surface area (Å²) in [5.41, 5.74) is 0.845. The van der Waals surface area contributed by atoms with E-state index in [9.17, 15) is 9.59 Å². The first-order valence-electron chi connectivity index (χ1n) is 8.48. The van der Waals surface area contributed by atoms with Gasteiger partial charge >= 0.3 is 0 Å². The number of hydrogen-bond donors (Lipinski definition) is 1. The van der Waals surface area contributed by atoms with Gasteiger partial charge in [-0.05, 0) is 44.8 Å². The summed E-state index contributed by atoms with van der Waals surface area (Å²) < 4.78 is 5.50. The van der Waals surface area contributed by atoms with E-state index in [1.807, 2.05) is 0 Å². The molecule has 3 aliphatic heterocycles. The highest BCUT2D eigenvalue weighted by atomic mass is 16.3. The molecule has 0 unspecified atom stereocenters. The lowest BCUT2D eigenvalue weighted by atomic mass is 9.79. The van der Waals surface area contributed by atoms with Gasteiger partial charge in [-0.25, -0.2) is 0 Å². The normalized spacial score (nSPS) is 28.9. The topological polar surface area (TPSA) is 75.4 Å². The van der Waals surface area contributed by atoms with E-state index in [2.05, 4.69) is 22.1 Å². The Bertz CT molecular complexity index is 803. The van der Waals surface area contributed by atoms with Crippen LogP contribution in [-0.2, 0) is 0 Å². The summed E-state index contributed by atoms with van der Waals surface area (Å²) in [6.07, 6.45) is 3.87. The highest BCUT2D eigenvalue weighted by Crippen LogP contribution is 2.32. The van der Waals surface area contributed by atoms with E-state index in [4.69, 9.17) is 4.42 Å². The van der Waals surface area contributed by atoms with Crippen molar-refractivity contribution in [3.05, 3.63) is 29.8 Å². The molecule has 0 aliphatic carbocycles. The maximum Gasteiger partial charge on any atom is 0.270 e. The number of carbonyl (C=O) groups excluding carboxylic acids is 2. The number of carbonyl (C=O) groups is 2. The van der Waals surface area contributed by atoms with Crippen molar-refractivity contribution < 1.29 is 14.0 Å². The molecule has 6 nitrogen and oxygen atoms in total. The minimum Gasteiger partial charge on any atom is -0.453 e. The second-order valence-corrected chi connectivity index (χ2v) is 6.89. The summed E-state index contributed by atoms with van der Waals surface area (Å²) in [6, 6.07) is 3.80. The molecule has 0 radical (unpaired) electrons. The minimum atomic E-state index is -0.178. The van der Waals surface area contributed by atoms with Crippen LogP contribution >= 0.6 is 0 Å². The summed E-state index contributed by atoms with van der Waals surface area (Å²) in [7, 11) is 0. The van der Waals surface area contributed by atoms with Crippen molar-refractivity contribution >= 4 is 22.7 Å². The van der Waals surface area contributed by atoms with Crippen LogP contribution in [0.5, 0.6) is 0 Å². The molecule has 0 saturated carbocycles. The number of aromatic nitrogens is 1. The molecular formula is C18H21N3O3. The molecule has 24 heavy (non-hydrogen) atoms. The molecule has 5 rings (SSSR count). The Morgan fingerprint density at radius 3 is 2.71 bits per heavy atom. The summed E-state index contributed by atoms with van der Waals surface area (Å²) >= 11 is 0. The van der Waals surface area contributed by atoms with Gasteiger partial charge in [0.25, 0.3) is 5.91 Å². The number of ketones is 1. The fourth-order valence-corrected chi connectivity index (χ4v) is 4.00. The van der Waals surface area contributed by atoms with E-state index in [1.54, 1.807) is 18.3 Å². The fourth-order valence-electron chi connectivity index (χ4n) is 4.00. The molecule has 3 aliphatic rings. The quantitative estimate of drug-likeness (QED) is 0.875. The van der Waals surface area contributed by atoms with E-state index in [-0.39, 0.29) is 23.5 Å². The highest BCUT2D eigenvalue weighted by molar-refractivity contribution is 5.98. The van der Waals surface area contributed by atoms with Crippen LogP contribution in [0.2, 0.25) is 0 Å². The van der Waals surface area contributed by atoms with Gasteiger partial charge in [0.1, 0.15) is 11.3 Å². The van der Waals surface area contributed by atoms with E-state index in [0.29, 0.717) is 23.2 Å². The average Bonchev–Trinajstić information content (AvgIpc) is 3.02. The van der Waals surface area contributed by atoms with Gasteiger partial charge in [-0.3, -0.25) is 19.5 Å². The minimum absolute atomic E-state index is 0.140. The molecule has 2 atom stereocenters. The van der Waals surface area contributed by atoms with E-state index < -0.39 is 0 Å². The molecule has 1 N–H and O–H groups in total. The monoisotopic (exact) mass is 327 g/mol. The number of hydrogen-bond acceptors (Lipinski definition) is 5. The Kier molecular flexibility index (Phi) is 3.64. The zero-order valence-corrected chi connectivity index (χ0v) is 13.9. The van der Waals surface area contributed by atoms with Gasteiger partial charge in [0.05, 0.1) is 0 Å². The third-order valence-corrected chi connectivity index (χ3v) is 5.46. The Labute approximate surface area is 140 Å². The zero-order chi connectivity index (χ0) is 16.8. The number of piperidine rings is 3. The molecule has 5 heterocycles. The predicted octanol–water partition coefficient (Wildman–Crippen LogP) is 2.24. The maximum atomic E-state index is 12.6. The third-order valence-electron chi connectivity index (χ3n) is 5.46. The van der Waals surface area contributed by atoms with Gasteiger partial charge < -0.3 is 9.73 Å². The first kappa shape index (κ1) is 15.3. The number of furan rings is 1. The van der Waals surface area contributed by atoms with Crippen molar-refractivity contribution in [2.24, 2.45) is 5.92 Å². The predicted molar refractivity (Wildman–Crippen MR) is 89.0 cm³/mol. The molecule has 126 valence electrons. The second kappa shape index (κ2) is 5.70. The van der Waals surface area contributed by atoms with Crippen molar-refractivity contribution in [2.75, 3.05) is 13.1 Å². The Hall–Kier alpha value is -2.21. The van der Waals surface area contributed by atoms with Crippen LogP contribution in [0.15, 0.2) is 22.7 Å². The van der Waals surface area contributed by atoms with Gasteiger partial charge in [0.15, 0.2) is 11.5 Å². The number of Topliss-reactive ketones (excluding diaryl/α,β-unsaturated/α-hetero) is 1. The molecule has 3 fully saturated rings. The smallest absolute Gasteiger partial charge is 0.270 e. The van der Waals surface area contributed by atoms with E-state index >= 15 is 0 Å². The number of amides is 1. The fraction of sp³-hybridized carbons (Fsp3) is 0.500. The number of rotatable bonds is 3. The third kappa shape index (κ3) is 2.51. The molecular weight excluding hydrogens is 306 g/mol. The van der Waals surface area contributed by atoms with E-state index in [0.717, 1.165) is 31.3 Å². The first-order chi connectivity index (χ1) is 11.5. The van der Waals surface area contributed by atoms with Crippen LogP contribution in [0, 0.1) is 5.92 Å². The summed E-state index contributed by atoms with van der Waals surface area (Å²) in [6.45, 7) is 5.89. The van der Waals surface area contributed by atoms with Crippen molar-refractivity contribution in [3.8, 4) is 0 Å². The van der Waals surface area contributed by atoms with Gasteiger partial charge in [0, 0.05) is 36.7 Å². The van der Waals surface area contributed by atoms with Crippen molar-refractivity contribution in [1.29, 1.82) is 0 Å². The van der Waals surface area contributed by atoms with Gasteiger partial charge in [0.2, 0.25) is 0 Å². The lowest BCUT2D eigenvalue weighted by Crippen LogP contribution is -2.62. The van der Waals surface area contributed by atoms with Crippen LogP contribution in [0.3, 0.4) is 0 Å². The standard InChI is InChI=1S/C18H21N3O3/c1-10-17(12-3-5-21(10)6-4-12)20-18(23)14-8-16-13(9-19-14)7-15(24-16)11(2)22/h7-10,12,17H,3-6H2,1-2H3,(H,20,23)/t10-,17-/m0/s1. The molecule has 6 heteroatoms. The summed E-state index contributed by atoms with van der Waals surface area (Å²) in [4.78, 5) is 30.7. The Morgan fingerprint density at radius 2 is 2.04 bits per heavy atom. The summed E-state index contributed by atoms with van der Waals surface area (Å²) in [5, 5.41) is 3.89. The van der Waals surface area contributed by atoms with Crippen LogP contribution < -0.4 is 5.32 Å². The SMILES string of the molecule is CC(=O)c1cc2cnc(C(=O)N[C@@H]3C4CCN(CC4)[C@H]3C)cc2o1. The van der Waals surface area contributed by atoms with Crippen LogP contribution in [0.25, 0.3) is 11.0 Å². The van der Waals surface area contributed by atoms with Crippen molar-refractivity contribution in [1.82, 2.24) is 15.2 Å². The molecule has 2 aromatic rings. The second-order valence-electron chi connectivity index (χ2n) is 6.89. The van der Waals surface area contributed by atoms with Crippen LogP contribution in [-0.4, -0.2) is 46.7 Å². The molecule has 3 saturated heterocycles. The Morgan fingerprint density at radius 1 is 1.29 bits per heavy atom. The van der Waals surface area contributed by atoms with E-state index in [1.165, 1.54) is 6.92 Å². The molecule has 2 aromatic heterocycles. The first-order valence-corrected chi connectivity index (χ1v) is 8.48. The molecule has 2 bridgehead atoms. The number of nitrogens with zero attached hydrogens (tertiary/aromatic N) is 2. The maximum absolute atomic E-state index is 12.6. The van der Waals surface area contributed by atoms with Crippen molar-refractivity contribution in [2.45, 2.75) is 38.8 Å². The lowest BCUT2D eigenvalue weighted by molar-refractivity contribution is 0.0216. The van der Waals surface area contributed by atoms with Crippen LogP contribution in [0.1, 0.15) is 47.7 Å². The number of pyridine rings is 1. The van der Waals surface area contributed by atoms with Crippen molar-refractivity contribution in [3.63, 3.8) is 0 Å². The zero-order valence-electron chi connectivity index (χ0n) is 13.9. The summed E-state index contributed by atoms with van der Waals surface area (Å²) in [5.74, 6) is 0.516.